The number of nitrogens with one attached hydrogen (secondary N) is 1. The minimum Gasteiger partial charge on any atom is -0.491 e. The van der Waals surface area contributed by atoms with Gasteiger partial charge in [-0.25, -0.2) is 4.79 Å². The highest BCUT2D eigenvalue weighted by molar-refractivity contribution is 5.84. The van der Waals surface area contributed by atoms with Gasteiger partial charge in [0.1, 0.15) is 18.5 Å². The molecule has 2 aromatic carbocycles. The van der Waals surface area contributed by atoms with Gasteiger partial charge in [0.05, 0.1) is 30.3 Å². The molecular weight excluding hydrogens is 484 g/mol. The molecule has 3 rings (SSSR count). The first-order valence-electron chi connectivity index (χ1n) is 10.2. The first kappa shape index (κ1) is 26.0. The molecule has 35 heavy (non-hydrogen) atoms. The molecule has 0 aliphatic carbocycles. The molecule has 1 saturated heterocycles. The van der Waals surface area contributed by atoms with Crippen LogP contribution in [0.3, 0.4) is 0 Å². The van der Waals surface area contributed by atoms with Gasteiger partial charge < -0.3 is 19.1 Å². The predicted molar refractivity (Wildman–Crippen MR) is 111 cm³/mol. The maximum atomic E-state index is 13.6. The molecule has 188 valence electrons. The molecule has 13 heteroatoms. The lowest BCUT2D eigenvalue weighted by Gasteiger charge is -2.27. The summed E-state index contributed by atoms with van der Waals surface area (Å²) in [5.74, 6) is 0.266. The molecule has 0 saturated carbocycles. The third-order valence-corrected chi connectivity index (χ3v) is 4.86. The average molecular weight is 503 g/mol. The third-order valence-electron chi connectivity index (χ3n) is 4.86. The Hall–Kier alpha value is -3.66. The van der Waals surface area contributed by atoms with Crippen molar-refractivity contribution in [3.63, 3.8) is 0 Å². The van der Waals surface area contributed by atoms with Crippen LogP contribution >= 0.6 is 0 Å². The van der Waals surface area contributed by atoms with Crippen molar-refractivity contribution in [2.24, 2.45) is 0 Å². The highest BCUT2D eigenvalue weighted by Gasteiger charge is 2.51. The zero-order valence-electron chi connectivity index (χ0n) is 18.1. The molecule has 1 aliphatic rings. The third kappa shape index (κ3) is 6.48. The maximum Gasteiger partial charge on any atom is 0.433 e. The Morgan fingerprint density at radius 2 is 1.86 bits per heavy atom. The number of benzene rings is 2. The molecule has 0 aromatic heterocycles. The van der Waals surface area contributed by atoms with Gasteiger partial charge in [0.15, 0.2) is 0 Å². The summed E-state index contributed by atoms with van der Waals surface area (Å²) in [6.07, 6.45) is -14.1. The summed E-state index contributed by atoms with van der Waals surface area (Å²) in [6, 6.07) is 9.62. The van der Waals surface area contributed by atoms with E-state index >= 15 is 0 Å². The van der Waals surface area contributed by atoms with Crippen molar-refractivity contribution in [1.29, 1.82) is 5.26 Å². The molecule has 0 unspecified atom stereocenters. The zero-order chi connectivity index (χ0) is 25.8. The molecule has 2 atom stereocenters. The summed E-state index contributed by atoms with van der Waals surface area (Å²) >= 11 is 0. The second kappa shape index (κ2) is 10.3. The van der Waals surface area contributed by atoms with Crippen LogP contribution in [0, 0.1) is 11.3 Å². The average Bonchev–Trinajstić information content (AvgIpc) is 3.23. The summed E-state index contributed by atoms with van der Waals surface area (Å²) in [7, 11) is 0. The standard InChI is InChI=1S/C22H19F6N3O4/c1-2-33-20(32)30-14-4-7-16(8-5-14)34-12-17-11-31(19(35-17)22(26,27)28)15-6-3-13(10-29)18(9-15)21(23,24)25/h3-9,17,19H,2,11-12H2,1H3,(H,30,32)/t17-,19-/m1/s1. The van der Waals surface area contributed by atoms with Crippen LogP contribution in [0.4, 0.5) is 42.5 Å². The van der Waals surface area contributed by atoms with Crippen LogP contribution in [0.25, 0.3) is 0 Å². The van der Waals surface area contributed by atoms with Gasteiger partial charge in [0.25, 0.3) is 0 Å². The van der Waals surface area contributed by atoms with Gasteiger partial charge in [0.2, 0.25) is 6.23 Å². The second-order valence-corrected chi connectivity index (χ2v) is 7.32. The van der Waals surface area contributed by atoms with Crippen molar-refractivity contribution in [2.45, 2.75) is 31.6 Å². The minimum absolute atomic E-state index is 0.185. The highest BCUT2D eigenvalue weighted by Crippen LogP contribution is 2.39. The molecule has 0 spiro atoms. The Kier molecular flexibility index (Phi) is 7.64. The number of anilines is 2. The van der Waals surface area contributed by atoms with Gasteiger partial charge in [0, 0.05) is 11.4 Å². The molecule has 1 heterocycles. The van der Waals surface area contributed by atoms with Gasteiger partial charge in [-0.3, -0.25) is 5.32 Å². The number of nitriles is 1. The minimum atomic E-state index is -4.92. The van der Waals surface area contributed by atoms with Crippen LogP contribution < -0.4 is 15.0 Å². The topological polar surface area (TPSA) is 83.8 Å². The van der Waals surface area contributed by atoms with E-state index in [0.29, 0.717) is 16.7 Å². The lowest BCUT2D eigenvalue weighted by molar-refractivity contribution is -0.215. The van der Waals surface area contributed by atoms with Crippen LogP contribution in [-0.4, -0.2) is 44.4 Å². The Labute approximate surface area is 195 Å². The number of carbonyl (C=O) groups excluding carboxylic acids is 1. The van der Waals surface area contributed by atoms with Crippen LogP contribution in [0.1, 0.15) is 18.1 Å². The Balaban J connectivity index is 1.72. The lowest BCUT2D eigenvalue weighted by Crippen LogP contribution is -2.42. The maximum absolute atomic E-state index is 13.6. The Morgan fingerprint density at radius 1 is 1.17 bits per heavy atom. The number of amides is 1. The zero-order valence-corrected chi connectivity index (χ0v) is 18.1. The Morgan fingerprint density at radius 3 is 2.43 bits per heavy atom. The molecule has 1 aliphatic heterocycles. The number of rotatable bonds is 6. The van der Waals surface area contributed by atoms with Crippen LogP contribution in [0.15, 0.2) is 42.5 Å². The van der Waals surface area contributed by atoms with E-state index in [-0.39, 0.29) is 19.0 Å². The molecule has 1 N–H and O–H groups in total. The fourth-order valence-corrected chi connectivity index (χ4v) is 3.35. The summed E-state index contributed by atoms with van der Waals surface area (Å²) in [6.45, 7) is 1.10. The van der Waals surface area contributed by atoms with E-state index < -0.39 is 54.1 Å². The molecule has 7 nitrogen and oxygen atoms in total. The number of carbonyl (C=O) groups is 1. The number of nitrogens with zero attached hydrogens (tertiary/aromatic N) is 2. The van der Waals surface area contributed by atoms with Crippen molar-refractivity contribution in [2.75, 3.05) is 30.0 Å². The van der Waals surface area contributed by atoms with Gasteiger partial charge >= 0.3 is 18.4 Å². The summed E-state index contributed by atoms with van der Waals surface area (Å²) in [4.78, 5) is 12.1. The van der Waals surface area contributed by atoms with E-state index in [4.69, 9.17) is 19.5 Å². The van der Waals surface area contributed by atoms with E-state index in [2.05, 4.69) is 5.32 Å². The molecule has 2 aromatic rings. The van der Waals surface area contributed by atoms with E-state index in [0.717, 1.165) is 12.1 Å². The van der Waals surface area contributed by atoms with Crippen molar-refractivity contribution in [3.8, 4) is 11.8 Å². The number of halogens is 6. The molecule has 0 bridgehead atoms. The second-order valence-electron chi connectivity index (χ2n) is 7.32. The van der Waals surface area contributed by atoms with Crippen LogP contribution in [0.2, 0.25) is 0 Å². The van der Waals surface area contributed by atoms with Crippen LogP contribution in [0.5, 0.6) is 5.75 Å². The number of ether oxygens (including phenoxy) is 3. The van der Waals surface area contributed by atoms with Crippen molar-refractivity contribution in [1.82, 2.24) is 0 Å². The highest BCUT2D eigenvalue weighted by atomic mass is 19.4. The quantitative estimate of drug-likeness (QED) is 0.538. The van der Waals surface area contributed by atoms with Crippen LogP contribution in [-0.2, 0) is 15.7 Å². The lowest BCUT2D eigenvalue weighted by atomic mass is 10.1. The first-order valence-corrected chi connectivity index (χ1v) is 10.2. The van der Waals surface area contributed by atoms with Gasteiger partial charge in [-0.2, -0.15) is 31.6 Å². The van der Waals surface area contributed by atoms with Gasteiger partial charge in [-0.05, 0) is 49.4 Å². The first-order chi connectivity index (χ1) is 16.4. The number of hydrogen-bond donors (Lipinski definition) is 1. The largest absolute Gasteiger partial charge is 0.491 e. The summed E-state index contributed by atoms with van der Waals surface area (Å²) in [5, 5.41) is 11.4. The summed E-state index contributed by atoms with van der Waals surface area (Å²) in [5.41, 5.74) is -2.03. The number of alkyl halides is 6. The molecule has 1 amide bonds. The van der Waals surface area contributed by atoms with E-state index in [1.165, 1.54) is 30.3 Å². The fourth-order valence-electron chi connectivity index (χ4n) is 3.35. The van der Waals surface area contributed by atoms with Gasteiger partial charge in [-0.1, -0.05) is 0 Å². The smallest absolute Gasteiger partial charge is 0.433 e. The SMILES string of the molecule is CCOC(=O)Nc1ccc(OC[C@H]2CN(c3ccc(C#N)c(C(F)(F)F)c3)[C@@H](C(F)(F)F)O2)cc1. The van der Waals surface area contributed by atoms with Crippen molar-refractivity contribution < 1.29 is 45.3 Å². The van der Waals surface area contributed by atoms with E-state index in [9.17, 15) is 31.1 Å². The predicted octanol–water partition coefficient (Wildman–Crippen LogP) is 5.32. The molecular formula is C22H19F6N3O4. The summed E-state index contributed by atoms with van der Waals surface area (Å²) < 4.78 is 95.9. The fraction of sp³-hybridized carbons (Fsp3) is 0.364. The van der Waals surface area contributed by atoms with Gasteiger partial charge in [-0.15, -0.1) is 0 Å². The monoisotopic (exact) mass is 503 g/mol. The Bertz CT molecular complexity index is 1080. The van der Waals surface area contributed by atoms with Crippen molar-refractivity contribution >= 4 is 17.5 Å². The number of hydrogen-bond acceptors (Lipinski definition) is 6. The van der Waals surface area contributed by atoms with E-state index in [1.807, 2.05) is 0 Å². The molecule has 1 fully saturated rings. The normalized spacial score (nSPS) is 18.2. The molecule has 0 radical (unpaired) electrons. The van der Waals surface area contributed by atoms with Crippen molar-refractivity contribution in [3.05, 3.63) is 53.6 Å². The van der Waals surface area contributed by atoms with E-state index in [1.54, 1.807) is 6.92 Å².